The highest BCUT2D eigenvalue weighted by Gasteiger charge is 2.22. The average molecular weight is 423 g/mol. The van der Waals surface area contributed by atoms with Gasteiger partial charge >= 0.3 is 0 Å². The number of nitrogens with zero attached hydrogens (tertiary/aromatic N) is 3. The quantitative estimate of drug-likeness (QED) is 0.638. The number of nitrogens with one attached hydrogen (secondary N) is 1. The van der Waals surface area contributed by atoms with Gasteiger partial charge in [-0.3, -0.25) is 14.5 Å². The van der Waals surface area contributed by atoms with Crippen molar-refractivity contribution in [3.05, 3.63) is 59.7 Å². The van der Waals surface area contributed by atoms with Gasteiger partial charge in [-0.05, 0) is 48.8 Å². The lowest BCUT2D eigenvalue weighted by Crippen LogP contribution is -2.39. The van der Waals surface area contributed by atoms with Crippen LogP contribution in [0.5, 0.6) is 0 Å². The van der Waals surface area contributed by atoms with E-state index in [9.17, 15) is 9.59 Å². The molecule has 0 bridgehead atoms. The van der Waals surface area contributed by atoms with Gasteiger partial charge in [0, 0.05) is 44.5 Å². The van der Waals surface area contributed by atoms with Crippen molar-refractivity contribution in [3.8, 4) is 0 Å². The lowest BCUT2D eigenvalue weighted by atomic mass is 10.1. The molecule has 0 saturated heterocycles. The van der Waals surface area contributed by atoms with Gasteiger partial charge in [-0.2, -0.15) is 0 Å². The minimum Gasteiger partial charge on any atom is -0.325 e. The van der Waals surface area contributed by atoms with E-state index < -0.39 is 0 Å². The van der Waals surface area contributed by atoms with Crippen molar-refractivity contribution in [2.75, 3.05) is 49.5 Å². The van der Waals surface area contributed by atoms with E-state index in [4.69, 9.17) is 0 Å². The number of hydrogen-bond acceptors (Lipinski definition) is 4. The van der Waals surface area contributed by atoms with Crippen LogP contribution < -0.4 is 10.2 Å². The Kier molecular flexibility index (Phi) is 8.20. The van der Waals surface area contributed by atoms with Gasteiger partial charge < -0.3 is 15.1 Å². The first-order valence-electron chi connectivity index (χ1n) is 11.2. The Morgan fingerprint density at radius 1 is 1.00 bits per heavy atom. The van der Waals surface area contributed by atoms with Gasteiger partial charge in [0.25, 0.3) is 0 Å². The van der Waals surface area contributed by atoms with Crippen LogP contribution in [0.4, 0.5) is 11.4 Å². The third-order valence-electron chi connectivity index (χ3n) is 5.88. The number of hydrogen-bond donors (Lipinski definition) is 1. The van der Waals surface area contributed by atoms with Crippen molar-refractivity contribution in [1.82, 2.24) is 9.80 Å². The monoisotopic (exact) mass is 422 g/mol. The molecule has 0 aliphatic carbocycles. The van der Waals surface area contributed by atoms with Crippen molar-refractivity contribution >= 4 is 23.2 Å². The standard InChI is InChI=1S/C25H34N4O2/c1-4-27(5-2)15-16-28(18-21-9-7-6-8-10-21)19-25(31)26-23-11-12-24-22(17-23)13-14-29(24)20(3)30/h6-12,17H,4-5,13-16,18-19H2,1-3H3,(H,26,31). The number of fused-ring (bicyclic) bond motifs is 1. The summed E-state index contributed by atoms with van der Waals surface area (Å²) in [6.07, 6.45) is 0.822. The third-order valence-corrected chi connectivity index (χ3v) is 5.88. The first kappa shape index (κ1) is 23.0. The fourth-order valence-corrected chi connectivity index (χ4v) is 4.09. The van der Waals surface area contributed by atoms with Crippen LogP contribution in [0, 0.1) is 0 Å². The molecule has 1 aliphatic rings. The normalized spacial score (nSPS) is 13.0. The van der Waals surface area contributed by atoms with Gasteiger partial charge in [0.1, 0.15) is 0 Å². The summed E-state index contributed by atoms with van der Waals surface area (Å²) in [7, 11) is 0. The molecule has 1 aliphatic heterocycles. The number of carbonyl (C=O) groups excluding carboxylic acids is 2. The highest BCUT2D eigenvalue weighted by atomic mass is 16.2. The Labute approximate surface area is 185 Å². The Balaban J connectivity index is 1.63. The Hall–Kier alpha value is -2.70. The minimum absolute atomic E-state index is 0.0168. The first-order valence-corrected chi connectivity index (χ1v) is 11.2. The van der Waals surface area contributed by atoms with E-state index in [1.165, 1.54) is 5.56 Å². The third kappa shape index (κ3) is 6.39. The van der Waals surface area contributed by atoms with E-state index in [0.29, 0.717) is 13.1 Å². The van der Waals surface area contributed by atoms with Crippen LogP contribution in [0.3, 0.4) is 0 Å². The summed E-state index contributed by atoms with van der Waals surface area (Å²) >= 11 is 0. The number of anilines is 2. The molecule has 3 rings (SSSR count). The van der Waals surface area contributed by atoms with E-state index in [1.807, 2.05) is 36.4 Å². The summed E-state index contributed by atoms with van der Waals surface area (Å²) < 4.78 is 0. The van der Waals surface area contributed by atoms with E-state index in [2.05, 4.69) is 41.1 Å². The molecule has 6 heteroatoms. The fourth-order valence-electron chi connectivity index (χ4n) is 4.09. The Bertz CT molecular complexity index is 880. The average Bonchev–Trinajstić information content (AvgIpc) is 3.18. The second kappa shape index (κ2) is 11.1. The second-order valence-corrected chi connectivity index (χ2v) is 8.04. The molecule has 1 heterocycles. The zero-order valence-corrected chi connectivity index (χ0v) is 18.9. The second-order valence-electron chi connectivity index (χ2n) is 8.04. The molecular formula is C25H34N4O2. The molecule has 1 N–H and O–H groups in total. The topological polar surface area (TPSA) is 55.9 Å². The highest BCUT2D eigenvalue weighted by molar-refractivity contribution is 5.96. The molecule has 0 fully saturated rings. The van der Waals surface area contributed by atoms with Crippen LogP contribution >= 0.6 is 0 Å². The number of rotatable bonds is 10. The maximum absolute atomic E-state index is 12.8. The Morgan fingerprint density at radius 3 is 2.39 bits per heavy atom. The molecule has 0 saturated carbocycles. The molecule has 6 nitrogen and oxygen atoms in total. The molecule has 2 aromatic carbocycles. The summed E-state index contributed by atoms with van der Waals surface area (Å²) in [6.45, 7) is 11.5. The van der Waals surface area contributed by atoms with E-state index in [-0.39, 0.29) is 11.8 Å². The highest BCUT2D eigenvalue weighted by Crippen LogP contribution is 2.30. The number of carbonyl (C=O) groups is 2. The zero-order valence-electron chi connectivity index (χ0n) is 18.9. The molecule has 0 unspecified atom stereocenters. The van der Waals surface area contributed by atoms with Crippen molar-refractivity contribution in [2.45, 2.75) is 33.7 Å². The van der Waals surface area contributed by atoms with Crippen LogP contribution in [0.25, 0.3) is 0 Å². The van der Waals surface area contributed by atoms with E-state index in [1.54, 1.807) is 11.8 Å². The van der Waals surface area contributed by atoms with Crippen LogP contribution in [0.15, 0.2) is 48.5 Å². The maximum Gasteiger partial charge on any atom is 0.238 e. The van der Waals surface area contributed by atoms with Crippen molar-refractivity contribution in [3.63, 3.8) is 0 Å². The summed E-state index contributed by atoms with van der Waals surface area (Å²) in [4.78, 5) is 30.9. The largest absolute Gasteiger partial charge is 0.325 e. The van der Waals surface area contributed by atoms with Gasteiger partial charge in [-0.1, -0.05) is 44.2 Å². The predicted molar refractivity (Wildman–Crippen MR) is 126 cm³/mol. The van der Waals surface area contributed by atoms with Crippen LogP contribution in [-0.2, 0) is 22.6 Å². The van der Waals surface area contributed by atoms with Gasteiger partial charge in [0.2, 0.25) is 11.8 Å². The Morgan fingerprint density at radius 2 is 1.71 bits per heavy atom. The predicted octanol–water partition coefficient (Wildman–Crippen LogP) is 3.38. The van der Waals surface area contributed by atoms with Crippen molar-refractivity contribution in [2.24, 2.45) is 0 Å². The van der Waals surface area contributed by atoms with Gasteiger partial charge in [0.15, 0.2) is 0 Å². The summed E-state index contributed by atoms with van der Waals surface area (Å²) in [5.41, 5.74) is 4.06. The summed E-state index contributed by atoms with van der Waals surface area (Å²) in [6, 6.07) is 16.1. The maximum atomic E-state index is 12.8. The number of amides is 2. The molecule has 0 spiro atoms. The molecule has 31 heavy (non-hydrogen) atoms. The molecular weight excluding hydrogens is 388 g/mol. The van der Waals surface area contributed by atoms with Gasteiger partial charge in [-0.15, -0.1) is 0 Å². The lowest BCUT2D eigenvalue weighted by Gasteiger charge is -2.26. The summed E-state index contributed by atoms with van der Waals surface area (Å²) in [5, 5.41) is 3.05. The minimum atomic E-state index is -0.0168. The van der Waals surface area contributed by atoms with Crippen molar-refractivity contribution in [1.29, 1.82) is 0 Å². The van der Waals surface area contributed by atoms with E-state index >= 15 is 0 Å². The van der Waals surface area contributed by atoms with E-state index in [0.717, 1.165) is 56.1 Å². The number of benzene rings is 2. The lowest BCUT2D eigenvalue weighted by molar-refractivity contribution is -0.118. The molecule has 0 aromatic heterocycles. The van der Waals surface area contributed by atoms with Crippen LogP contribution in [0.2, 0.25) is 0 Å². The van der Waals surface area contributed by atoms with Crippen molar-refractivity contribution < 1.29 is 9.59 Å². The smallest absolute Gasteiger partial charge is 0.238 e. The fraction of sp³-hybridized carbons (Fsp3) is 0.440. The van der Waals surface area contributed by atoms with Gasteiger partial charge in [0.05, 0.1) is 6.54 Å². The van der Waals surface area contributed by atoms with Crippen LogP contribution in [-0.4, -0.2) is 60.9 Å². The zero-order chi connectivity index (χ0) is 22.2. The molecule has 2 amide bonds. The molecule has 166 valence electrons. The molecule has 0 atom stereocenters. The first-order chi connectivity index (χ1) is 15.0. The SMILES string of the molecule is CCN(CC)CCN(CC(=O)Nc1ccc2c(c1)CCN2C(C)=O)Cc1ccccc1. The molecule has 2 aromatic rings. The van der Waals surface area contributed by atoms with Gasteiger partial charge in [-0.25, -0.2) is 0 Å². The molecule has 0 radical (unpaired) electrons. The summed E-state index contributed by atoms with van der Waals surface area (Å²) in [5.74, 6) is 0.0390. The number of likely N-dealkylation sites (N-methyl/N-ethyl adjacent to an activating group) is 1. The van der Waals surface area contributed by atoms with Crippen LogP contribution in [0.1, 0.15) is 31.9 Å².